The Morgan fingerprint density at radius 3 is 2.83 bits per heavy atom. The zero-order valence-corrected chi connectivity index (χ0v) is 17.4. The second-order valence-electron chi connectivity index (χ2n) is 6.50. The molecule has 0 spiro atoms. The average molecular weight is 431 g/mol. The van der Waals surface area contributed by atoms with Crippen LogP contribution in [0.1, 0.15) is 12.0 Å². The fraction of sp³-hybridized carbons (Fsp3) is 0.286. The molecule has 1 aromatic heterocycles. The molecule has 30 heavy (non-hydrogen) atoms. The van der Waals surface area contributed by atoms with Crippen LogP contribution in [0.2, 0.25) is 0 Å². The van der Waals surface area contributed by atoms with Crippen molar-refractivity contribution in [2.45, 2.75) is 13.0 Å². The number of thiocarbonyl (C=S) groups is 1. The number of benzene rings is 1. The van der Waals surface area contributed by atoms with Gasteiger partial charge in [-0.05, 0) is 30.3 Å². The van der Waals surface area contributed by atoms with Crippen molar-refractivity contribution in [1.82, 2.24) is 15.6 Å². The van der Waals surface area contributed by atoms with Gasteiger partial charge in [0.05, 0.1) is 18.4 Å². The maximum atomic E-state index is 13.1. The summed E-state index contributed by atoms with van der Waals surface area (Å²) < 4.78 is 23.9. The lowest BCUT2D eigenvalue weighted by atomic mass is 10.1. The molecule has 0 fully saturated rings. The number of ether oxygens (including phenoxy) is 2. The van der Waals surface area contributed by atoms with Crippen molar-refractivity contribution in [3.63, 3.8) is 0 Å². The number of nitrogens with zero attached hydrogens (tertiary/aromatic N) is 1. The largest absolute Gasteiger partial charge is 0.489 e. The van der Waals surface area contributed by atoms with Gasteiger partial charge in [-0.25, -0.2) is 4.39 Å². The van der Waals surface area contributed by atoms with Crippen LogP contribution in [0.25, 0.3) is 0 Å². The number of rotatable bonds is 9. The third-order valence-electron chi connectivity index (χ3n) is 4.43. The number of amides is 1. The van der Waals surface area contributed by atoms with Gasteiger partial charge in [0.2, 0.25) is 0 Å². The summed E-state index contributed by atoms with van der Waals surface area (Å²) in [6, 6.07) is 7.64. The summed E-state index contributed by atoms with van der Waals surface area (Å²) in [5.74, 6) is 0.0513. The molecular formula is C21H23FN4O3S. The van der Waals surface area contributed by atoms with Gasteiger partial charge in [0, 0.05) is 49.8 Å². The molecule has 2 heterocycles. The molecule has 0 unspecified atom stereocenters. The maximum absolute atomic E-state index is 13.1. The third-order valence-corrected chi connectivity index (χ3v) is 4.73. The lowest BCUT2D eigenvalue weighted by molar-refractivity contribution is -0.117. The van der Waals surface area contributed by atoms with Gasteiger partial charge in [0.1, 0.15) is 23.2 Å². The minimum Gasteiger partial charge on any atom is -0.489 e. The van der Waals surface area contributed by atoms with Gasteiger partial charge >= 0.3 is 0 Å². The molecule has 1 aromatic carbocycles. The molecule has 0 bridgehead atoms. The van der Waals surface area contributed by atoms with Crippen molar-refractivity contribution in [3.8, 4) is 5.75 Å². The number of hydrogen-bond donors (Lipinski definition) is 3. The van der Waals surface area contributed by atoms with E-state index in [1.807, 2.05) is 6.07 Å². The molecule has 9 heteroatoms. The van der Waals surface area contributed by atoms with Crippen LogP contribution in [0.5, 0.6) is 5.75 Å². The van der Waals surface area contributed by atoms with Crippen molar-refractivity contribution in [2.75, 3.05) is 32.2 Å². The summed E-state index contributed by atoms with van der Waals surface area (Å²) in [7, 11) is 1.61. The molecule has 7 nitrogen and oxygen atoms in total. The topological polar surface area (TPSA) is 84.5 Å². The summed E-state index contributed by atoms with van der Waals surface area (Å²) in [6.07, 6.45) is 3.94. The minimum atomic E-state index is -0.343. The standard InChI is InChI=1S/C21H23FN4O3S/c1-28-10-11-29-18-13-23-8-6-14(18)12-25-17-7-9-24-20(27)19(17)21(30)26-16-4-2-15(22)3-5-16/h2-6,8,13,25H,7,9-12H2,1H3,(H,24,27)(H,26,30). The molecule has 1 amide bonds. The molecule has 1 aliphatic rings. The molecule has 3 N–H and O–H groups in total. The lowest BCUT2D eigenvalue weighted by Crippen LogP contribution is -2.39. The Morgan fingerprint density at radius 1 is 1.27 bits per heavy atom. The summed E-state index contributed by atoms with van der Waals surface area (Å²) in [4.78, 5) is 16.9. The van der Waals surface area contributed by atoms with Gasteiger partial charge in [-0.3, -0.25) is 9.78 Å². The van der Waals surface area contributed by atoms with Gasteiger partial charge in [0.25, 0.3) is 5.91 Å². The van der Waals surface area contributed by atoms with Crippen molar-refractivity contribution >= 4 is 28.8 Å². The van der Waals surface area contributed by atoms with E-state index >= 15 is 0 Å². The Labute approximate surface area is 179 Å². The summed E-state index contributed by atoms with van der Waals surface area (Å²) >= 11 is 5.46. The van der Waals surface area contributed by atoms with E-state index in [-0.39, 0.29) is 16.7 Å². The first kappa shape index (κ1) is 21.7. The Hall–Kier alpha value is -3.04. The summed E-state index contributed by atoms with van der Waals surface area (Å²) in [5.41, 5.74) is 2.61. The van der Waals surface area contributed by atoms with Gasteiger partial charge in [-0.1, -0.05) is 12.2 Å². The zero-order valence-electron chi connectivity index (χ0n) is 16.5. The van der Waals surface area contributed by atoms with Crippen LogP contribution in [-0.4, -0.2) is 42.7 Å². The number of anilines is 1. The highest BCUT2D eigenvalue weighted by Crippen LogP contribution is 2.20. The Balaban J connectivity index is 1.74. The number of methoxy groups -OCH3 is 1. The Bertz CT molecular complexity index is 934. The van der Waals surface area contributed by atoms with E-state index in [4.69, 9.17) is 21.7 Å². The lowest BCUT2D eigenvalue weighted by Gasteiger charge is -2.23. The van der Waals surface area contributed by atoms with Gasteiger partial charge in [0.15, 0.2) is 0 Å². The van der Waals surface area contributed by atoms with E-state index in [1.54, 1.807) is 31.6 Å². The molecular weight excluding hydrogens is 407 g/mol. The van der Waals surface area contributed by atoms with Gasteiger partial charge < -0.3 is 25.4 Å². The fourth-order valence-corrected chi connectivity index (χ4v) is 3.25. The number of pyridine rings is 1. The van der Waals surface area contributed by atoms with Crippen molar-refractivity contribution < 1.29 is 18.7 Å². The van der Waals surface area contributed by atoms with Gasteiger partial charge in [-0.15, -0.1) is 0 Å². The van der Waals surface area contributed by atoms with E-state index in [9.17, 15) is 9.18 Å². The number of halogens is 1. The molecule has 3 rings (SSSR count). The number of nitrogens with one attached hydrogen (secondary N) is 3. The Kier molecular flexibility index (Phi) is 7.69. The van der Waals surface area contributed by atoms with E-state index in [2.05, 4.69) is 20.9 Å². The normalized spacial score (nSPS) is 13.6. The van der Waals surface area contributed by atoms with Crippen molar-refractivity contribution in [2.24, 2.45) is 0 Å². The monoisotopic (exact) mass is 430 g/mol. The molecule has 158 valence electrons. The Morgan fingerprint density at radius 2 is 2.07 bits per heavy atom. The zero-order chi connectivity index (χ0) is 21.3. The SMILES string of the molecule is COCCOc1cnccc1CNC1=C(C(=S)Nc2ccc(F)cc2)C(=O)NCC1. The second-order valence-corrected chi connectivity index (χ2v) is 6.91. The van der Waals surface area contributed by atoms with Crippen LogP contribution >= 0.6 is 12.2 Å². The molecule has 1 aliphatic heterocycles. The quantitative estimate of drug-likeness (QED) is 0.416. The van der Waals surface area contributed by atoms with E-state index in [0.29, 0.717) is 49.7 Å². The maximum Gasteiger partial charge on any atom is 0.256 e. The highest BCUT2D eigenvalue weighted by atomic mass is 32.1. The first-order valence-corrected chi connectivity index (χ1v) is 9.86. The summed E-state index contributed by atoms with van der Waals surface area (Å²) in [6.45, 7) is 1.84. The molecule has 0 saturated carbocycles. The van der Waals surface area contributed by atoms with Crippen LogP contribution in [0.3, 0.4) is 0 Å². The number of carbonyl (C=O) groups excluding carboxylic acids is 1. The number of carbonyl (C=O) groups is 1. The van der Waals surface area contributed by atoms with Crippen LogP contribution in [0.15, 0.2) is 54.0 Å². The first-order valence-electron chi connectivity index (χ1n) is 9.45. The van der Waals surface area contributed by atoms with Crippen molar-refractivity contribution in [3.05, 3.63) is 65.4 Å². The molecule has 0 saturated heterocycles. The van der Waals surface area contributed by atoms with E-state index in [0.717, 1.165) is 11.3 Å². The van der Waals surface area contributed by atoms with Crippen LogP contribution < -0.4 is 20.7 Å². The molecule has 2 aromatic rings. The first-order chi connectivity index (χ1) is 14.6. The fourth-order valence-electron chi connectivity index (χ4n) is 2.92. The smallest absolute Gasteiger partial charge is 0.256 e. The highest BCUT2D eigenvalue weighted by molar-refractivity contribution is 7.81. The van der Waals surface area contributed by atoms with E-state index < -0.39 is 0 Å². The van der Waals surface area contributed by atoms with Crippen molar-refractivity contribution in [1.29, 1.82) is 0 Å². The van der Waals surface area contributed by atoms with Gasteiger partial charge in [-0.2, -0.15) is 0 Å². The summed E-state index contributed by atoms with van der Waals surface area (Å²) in [5, 5.41) is 9.13. The highest BCUT2D eigenvalue weighted by Gasteiger charge is 2.24. The number of aromatic nitrogens is 1. The predicted molar refractivity (Wildman–Crippen MR) is 116 cm³/mol. The van der Waals surface area contributed by atoms with Crippen LogP contribution in [0.4, 0.5) is 10.1 Å². The molecule has 0 radical (unpaired) electrons. The average Bonchev–Trinajstić information content (AvgIpc) is 2.75. The van der Waals surface area contributed by atoms with Crippen LogP contribution in [0, 0.1) is 5.82 Å². The molecule has 0 aliphatic carbocycles. The minimum absolute atomic E-state index is 0.255. The third kappa shape index (κ3) is 5.74. The van der Waals surface area contributed by atoms with E-state index in [1.165, 1.54) is 12.1 Å². The predicted octanol–water partition coefficient (Wildman–Crippen LogP) is 2.55. The van der Waals surface area contributed by atoms with Crippen LogP contribution in [-0.2, 0) is 16.1 Å². The molecule has 0 atom stereocenters. The second kappa shape index (κ2) is 10.7. The number of hydrogen-bond acceptors (Lipinski definition) is 6.